The van der Waals surface area contributed by atoms with Crippen LogP contribution in [0.15, 0.2) is 36.5 Å². The van der Waals surface area contributed by atoms with Crippen LogP contribution >= 0.6 is 0 Å². The molecule has 0 aliphatic heterocycles. The lowest BCUT2D eigenvalue weighted by Gasteiger charge is -2.07. The lowest BCUT2D eigenvalue weighted by atomic mass is 10.1. The number of carbonyl (C=O) groups is 2. The highest BCUT2D eigenvalue weighted by Crippen LogP contribution is 2.10. The smallest absolute Gasteiger partial charge is 0.305 e. The van der Waals surface area contributed by atoms with Crippen molar-refractivity contribution in [3.63, 3.8) is 0 Å². The number of hydrogen-bond donors (Lipinski definition) is 0. The molecule has 0 unspecified atom stereocenters. The predicted molar refractivity (Wildman–Crippen MR) is 153 cm³/mol. The van der Waals surface area contributed by atoms with Crippen molar-refractivity contribution in [3.8, 4) is 0 Å². The van der Waals surface area contributed by atoms with Gasteiger partial charge in [0.05, 0.1) is 0 Å². The molecule has 0 saturated carbocycles. The molecule has 0 amide bonds. The van der Waals surface area contributed by atoms with Crippen LogP contribution in [0.4, 0.5) is 0 Å². The van der Waals surface area contributed by atoms with E-state index >= 15 is 0 Å². The van der Waals surface area contributed by atoms with Gasteiger partial charge in [-0.1, -0.05) is 102 Å². The first-order valence-corrected chi connectivity index (χ1v) is 15.0. The highest BCUT2D eigenvalue weighted by molar-refractivity contribution is 5.70. The van der Waals surface area contributed by atoms with Gasteiger partial charge in [0.25, 0.3) is 0 Å². The van der Waals surface area contributed by atoms with E-state index in [1.165, 1.54) is 57.8 Å². The van der Waals surface area contributed by atoms with E-state index in [4.69, 9.17) is 9.47 Å². The van der Waals surface area contributed by atoms with Crippen molar-refractivity contribution in [2.45, 2.75) is 142 Å². The molecule has 0 saturated heterocycles. The van der Waals surface area contributed by atoms with Crippen LogP contribution in [0.2, 0.25) is 0 Å². The van der Waals surface area contributed by atoms with Gasteiger partial charge in [0.15, 0.2) is 0 Å². The molecule has 0 radical (unpaired) electrons. The van der Waals surface area contributed by atoms with Gasteiger partial charge in [0, 0.05) is 12.8 Å². The maximum Gasteiger partial charge on any atom is 0.305 e. The molecule has 4 heteroatoms. The van der Waals surface area contributed by atoms with E-state index in [0.29, 0.717) is 12.8 Å². The molecular weight excluding hydrogens is 448 g/mol. The van der Waals surface area contributed by atoms with Gasteiger partial charge in [-0.15, -0.1) is 0 Å². The third-order valence-electron chi connectivity index (χ3n) is 6.10. The monoisotopic (exact) mass is 504 g/mol. The van der Waals surface area contributed by atoms with Crippen LogP contribution in [0.1, 0.15) is 142 Å². The number of hydrogen-bond acceptors (Lipinski definition) is 4. The van der Waals surface area contributed by atoms with Gasteiger partial charge < -0.3 is 9.47 Å². The molecule has 0 aliphatic carbocycles. The van der Waals surface area contributed by atoms with E-state index < -0.39 is 0 Å². The molecule has 0 aliphatic rings. The zero-order chi connectivity index (χ0) is 26.4. The minimum atomic E-state index is -0.189. The summed E-state index contributed by atoms with van der Waals surface area (Å²) in [7, 11) is 0. The summed E-state index contributed by atoms with van der Waals surface area (Å²) in [6.45, 7) is 4.72. The average Bonchev–Trinajstić information content (AvgIpc) is 2.88. The quantitative estimate of drug-likeness (QED) is 0.0668. The van der Waals surface area contributed by atoms with Crippen molar-refractivity contribution in [2.24, 2.45) is 0 Å². The Balaban J connectivity index is 3.37. The second-order valence-corrected chi connectivity index (χ2v) is 9.61. The second kappa shape index (κ2) is 29.4. The first-order chi connectivity index (χ1) is 17.7. The normalized spacial score (nSPS) is 11.7. The van der Waals surface area contributed by atoms with Crippen molar-refractivity contribution >= 4 is 11.9 Å². The predicted octanol–water partition coefficient (Wildman–Crippen LogP) is 9.58. The first kappa shape index (κ1) is 34.2. The first-order valence-electron chi connectivity index (χ1n) is 15.0. The van der Waals surface area contributed by atoms with Gasteiger partial charge in [-0.2, -0.15) is 0 Å². The van der Waals surface area contributed by atoms with E-state index in [1.807, 2.05) is 0 Å². The van der Waals surface area contributed by atoms with E-state index in [1.54, 1.807) is 0 Å². The lowest BCUT2D eigenvalue weighted by molar-refractivity contribution is -0.152. The van der Waals surface area contributed by atoms with E-state index in [9.17, 15) is 9.59 Å². The Labute approximate surface area is 223 Å². The topological polar surface area (TPSA) is 52.6 Å². The summed E-state index contributed by atoms with van der Waals surface area (Å²) < 4.78 is 10.3. The van der Waals surface area contributed by atoms with Crippen molar-refractivity contribution in [2.75, 3.05) is 13.2 Å². The maximum atomic E-state index is 11.8. The van der Waals surface area contributed by atoms with Crippen LogP contribution in [0.5, 0.6) is 0 Å². The summed E-state index contributed by atoms with van der Waals surface area (Å²) in [5, 5.41) is 0. The molecule has 0 atom stereocenters. The van der Waals surface area contributed by atoms with Gasteiger partial charge in [-0.3, -0.25) is 9.59 Å². The molecule has 0 rings (SSSR count). The molecule has 0 aromatic heterocycles. The molecule has 0 aromatic rings. The number of esters is 2. The fraction of sp³-hybridized carbons (Fsp3) is 0.750. The Morgan fingerprint density at radius 3 is 1.39 bits per heavy atom. The zero-order valence-corrected chi connectivity index (χ0v) is 23.7. The number of unbranched alkanes of at least 4 members (excludes halogenated alkanes) is 13. The molecule has 0 heterocycles. The minimum absolute atomic E-state index is 0.163. The van der Waals surface area contributed by atoms with Gasteiger partial charge in [-0.05, 0) is 64.2 Å². The Hall–Kier alpha value is -1.84. The van der Waals surface area contributed by atoms with Crippen molar-refractivity contribution in [1.82, 2.24) is 0 Å². The van der Waals surface area contributed by atoms with Crippen LogP contribution in [-0.4, -0.2) is 25.2 Å². The van der Waals surface area contributed by atoms with Crippen LogP contribution in [0.25, 0.3) is 0 Å². The summed E-state index contributed by atoms with van der Waals surface area (Å²) in [4.78, 5) is 23.5. The molecule has 4 nitrogen and oxygen atoms in total. The highest BCUT2D eigenvalue weighted by Gasteiger charge is 2.05. The largest absolute Gasteiger partial charge is 0.462 e. The Morgan fingerprint density at radius 1 is 0.500 bits per heavy atom. The number of allylic oxidation sites excluding steroid dienone is 6. The second-order valence-electron chi connectivity index (χ2n) is 9.61. The Morgan fingerprint density at radius 2 is 0.917 bits per heavy atom. The zero-order valence-electron chi connectivity index (χ0n) is 23.7. The molecule has 208 valence electrons. The number of rotatable bonds is 26. The third-order valence-corrected chi connectivity index (χ3v) is 6.10. The maximum absolute atomic E-state index is 11.8. The number of carbonyl (C=O) groups excluding carboxylic acids is 2. The summed E-state index contributed by atoms with van der Waals surface area (Å²) in [6.07, 6.45) is 35.1. The fourth-order valence-electron chi connectivity index (χ4n) is 3.88. The fourth-order valence-corrected chi connectivity index (χ4v) is 3.88. The molecule has 0 fully saturated rings. The Kier molecular flexibility index (Phi) is 27.9. The standard InChI is InChI=1S/C32H56O4/c1-3-5-7-9-11-13-14-15-16-17-18-20-22-24-26-28-32(34)36-30-29-35-31(33)27-25-23-21-19-12-10-8-6-4-2/h6,8,11,13,15-16H,3-5,7,9-10,12,14,17-30H2,1-2H3/b8-6+,13-11+,16-15+. The van der Waals surface area contributed by atoms with Gasteiger partial charge in [0.1, 0.15) is 13.2 Å². The minimum Gasteiger partial charge on any atom is -0.462 e. The molecule has 36 heavy (non-hydrogen) atoms. The van der Waals surface area contributed by atoms with Crippen LogP contribution in [0, 0.1) is 0 Å². The van der Waals surface area contributed by atoms with Crippen molar-refractivity contribution in [3.05, 3.63) is 36.5 Å². The summed E-state index contributed by atoms with van der Waals surface area (Å²) in [6, 6.07) is 0. The van der Waals surface area contributed by atoms with Gasteiger partial charge in [-0.25, -0.2) is 0 Å². The lowest BCUT2D eigenvalue weighted by Crippen LogP contribution is -2.13. The van der Waals surface area contributed by atoms with Crippen LogP contribution < -0.4 is 0 Å². The molecular formula is C32H56O4. The Bertz CT molecular complexity index is 577. The molecule has 0 spiro atoms. The summed E-state index contributed by atoms with van der Waals surface area (Å²) in [5.74, 6) is -0.379. The highest BCUT2D eigenvalue weighted by atomic mass is 16.6. The van der Waals surface area contributed by atoms with Gasteiger partial charge in [0.2, 0.25) is 0 Å². The van der Waals surface area contributed by atoms with Gasteiger partial charge >= 0.3 is 11.9 Å². The molecule has 0 N–H and O–H groups in total. The third kappa shape index (κ3) is 28.4. The van der Waals surface area contributed by atoms with Crippen LogP contribution in [0.3, 0.4) is 0 Å². The van der Waals surface area contributed by atoms with E-state index in [-0.39, 0.29) is 25.2 Å². The number of ether oxygens (including phenoxy) is 2. The summed E-state index contributed by atoms with van der Waals surface area (Å²) in [5.41, 5.74) is 0. The van der Waals surface area contributed by atoms with E-state index in [2.05, 4.69) is 50.3 Å². The van der Waals surface area contributed by atoms with E-state index in [0.717, 1.165) is 57.8 Å². The molecule has 0 aromatic carbocycles. The van der Waals surface area contributed by atoms with Crippen molar-refractivity contribution < 1.29 is 19.1 Å². The average molecular weight is 505 g/mol. The molecule has 0 bridgehead atoms. The van der Waals surface area contributed by atoms with Crippen LogP contribution in [-0.2, 0) is 19.1 Å². The summed E-state index contributed by atoms with van der Waals surface area (Å²) >= 11 is 0. The SMILES string of the molecule is CC/C=C/CCCCCCCC(=O)OCCOC(=O)CCCCCCC/C=C/C/C=C/CCCCC. The van der Waals surface area contributed by atoms with Crippen molar-refractivity contribution in [1.29, 1.82) is 0 Å².